The molecule has 0 amide bonds. The second-order valence-electron chi connectivity index (χ2n) is 0. The van der Waals surface area contributed by atoms with E-state index in [-0.39, 0.29) is 74.9 Å². The fourth-order valence-electron chi connectivity index (χ4n) is 0. The van der Waals surface area contributed by atoms with Crippen LogP contribution in [0.3, 0.4) is 0 Å². The Morgan fingerprint density at radius 2 is 0.333 bits per heavy atom. The van der Waals surface area contributed by atoms with Crippen LogP contribution >= 0.6 is 0 Å². The molecule has 0 aromatic rings. The van der Waals surface area contributed by atoms with Crippen LogP contribution in [0.2, 0.25) is 0 Å². The van der Waals surface area contributed by atoms with Crippen molar-refractivity contribution >= 4 is 0 Å². The van der Waals surface area contributed by atoms with Crippen LogP contribution in [0.4, 0.5) is 0 Å². The van der Waals surface area contributed by atoms with E-state index in [0.717, 1.165) is 0 Å². The van der Waals surface area contributed by atoms with Gasteiger partial charge in [-0.25, -0.2) is 0 Å². The molecule has 0 saturated heterocycles. The summed E-state index contributed by atoms with van der Waals surface area (Å²) in [5.74, 6) is 0. The SMILES string of the molecule is O.O.O.[Zn].[Zn].[Zn]. The molecule has 0 aliphatic carbocycles. The standard InChI is InChI=1S/3H2O.3Zn/h3*1H2;;;. The fraction of sp³-hybridized carbons (Fsp3) is 0. The van der Waals surface area contributed by atoms with Gasteiger partial charge in [0.05, 0.1) is 0 Å². The van der Waals surface area contributed by atoms with Gasteiger partial charge in [0.2, 0.25) is 0 Å². The predicted octanol–water partition coefficient (Wildman–Crippen LogP) is -2.48. The molecule has 0 aliphatic heterocycles. The van der Waals surface area contributed by atoms with Crippen LogP contribution in [-0.4, -0.2) is 16.4 Å². The van der Waals surface area contributed by atoms with Gasteiger partial charge in [-0.2, -0.15) is 0 Å². The van der Waals surface area contributed by atoms with E-state index in [1.165, 1.54) is 0 Å². The van der Waals surface area contributed by atoms with Gasteiger partial charge in [0.1, 0.15) is 0 Å². The summed E-state index contributed by atoms with van der Waals surface area (Å²) in [6.07, 6.45) is 0. The summed E-state index contributed by atoms with van der Waals surface area (Å²) in [5, 5.41) is 0. The smallest absolute Gasteiger partial charge is 0 e. The minimum Gasteiger partial charge on any atom is -0.412 e. The third-order valence-electron chi connectivity index (χ3n) is 0. The van der Waals surface area contributed by atoms with Gasteiger partial charge in [0.15, 0.2) is 0 Å². The van der Waals surface area contributed by atoms with Crippen molar-refractivity contribution < 1.29 is 74.9 Å². The van der Waals surface area contributed by atoms with Crippen LogP contribution in [0.5, 0.6) is 0 Å². The molecule has 0 atom stereocenters. The molecule has 0 aliphatic rings. The first kappa shape index (κ1) is 115. The van der Waals surface area contributed by atoms with Gasteiger partial charge in [0.25, 0.3) is 0 Å². The summed E-state index contributed by atoms with van der Waals surface area (Å²) in [5.41, 5.74) is 0. The molecule has 0 fully saturated rings. The third kappa shape index (κ3) is 42.4. The number of hydrogen-bond acceptors (Lipinski definition) is 0. The Morgan fingerprint density at radius 3 is 0.333 bits per heavy atom. The molecule has 0 rings (SSSR count). The van der Waals surface area contributed by atoms with Gasteiger partial charge >= 0.3 is 0 Å². The Hall–Kier alpha value is 1.75. The minimum atomic E-state index is 0. The Bertz CT molecular complexity index is 6.00. The van der Waals surface area contributed by atoms with E-state index in [2.05, 4.69) is 0 Å². The fourth-order valence-corrected chi connectivity index (χ4v) is 0. The topological polar surface area (TPSA) is 94.5 Å². The second-order valence-corrected chi connectivity index (χ2v) is 0. The van der Waals surface area contributed by atoms with Crippen molar-refractivity contribution in [3.8, 4) is 0 Å². The zero-order chi connectivity index (χ0) is 0. The zero-order valence-corrected chi connectivity index (χ0v) is 12.5. The second kappa shape index (κ2) is 72.9. The molecule has 6 heteroatoms. The van der Waals surface area contributed by atoms with Crippen molar-refractivity contribution in [2.45, 2.75) is 0 Å². The van der Waals surface area contributed by atoms with Crippen LogP contribution < -0.4 is 0 Å². The van der Waals surface area contributed by atoms with E-state index in [0.29, 0.717) is 0 Å². The molecule has 0 saturated carbocycles. The maximum absolute atomic E-state index is 0. The minimum absolute atomic E-state index is 0. The number of hydrogen-bond donors (Lipinski definition) is 0. The van der Waals surface area contributed by atoms with Crippen molar-refractivity contribution in [3.05, 3.63) is 0 Å². The van der Waals surface area contributed by atoms with Gasteiger partial charge in [-0.3, -0.25) is 0 Å². The van der Waals surface area contributed by atoms with E-state index < -0.39 is 0 Å². The summed E-state index contributed by atoms with van der Waals surface area (Å²) in [6.45, 7) is 0. The molecular formula is H6O3Zn3. The van der Waals surface area contributed by atoms with Gasteiger partial charge in [-0.15, -0.1) is 0 Å². The monoisotopic (exact) mass is 246 g/mol. The first-order chi connectivity index (χ1) is 0. The summed E-state index contributed by atoms with van der Waals surface area (Å²) in [6, 6.07) is 0. The van der Waals surface area contributed by atoms with E-state index >= 15 is 0 Å². The van der Waals surface area contributed by atoms with Crippen molar-refractivity contribution in [1.82, 2.24) is 0 Å². The molecule has 0 heterocycles. The molecule has 6 N–H and O–H groups in total. The first-order valence-electron chi connectivity index (χ1n) is 0. The average molecular weight is 250 g/mol. The van der Waals surface area contributed by atoms with Crippen molar-refractivity contribution in [3.63, 3.8) is 0 Å². The van der Waals surface area contributed by atoms with E-state index in [4.69, 9.17) is 0 Å². The zero-order valence-electron chi connectivity index (χ0n) is 3.62. The summed E-state index contributed by atoms with van der Waals surface area (Å²) >= 11 is 0. The van der Waals surface area contributed by atoms with Crippen LogP contribution in [-0.2, 0) is 58.4 Å². The molecule has 0 spiro atoms. The molecule has 0 bridgehead atoms. The summed E-state index contributed by atoms with van der Waals surface area (Å²) in [4.78, 5) is 0. The molecule has 0 aromatic heterocycles. The van der Waals surface area contributed by atoms with Crippen molar-refractivity contribution in [2.24, 2.45) is 0 Å². The molecular weight excluding hydrogens is 244 g/mol. The molecule has 6 heavy (non-hydrogen) atoms. The third-order valence-corrected chi connectivity index (χ3v) is 0. The maximum atomic E-state index is 0. The maximum Gasteiger partial charge on any atom is 0 e. The summed E-state index contributed by atoms with van der Waals surface area (Å²) in [7, 11) is 0. The quantitative estimate of drug-likeness (QED) is 0.426. The first-order valence-corrected chi connectivity index (χ1v) is 0. The van der Waals surface area contributed by atoms with Crippen molar-refractivity contribution in [2.75, 3.05) is 0 Å². The molecule has 0 radical (unpaired) electrons. The molecule has 30 valence electrons. The van der Waals surface area contributed by atoms with Gasteiger partial charge in [-0.05, 0) is 0 Å². The van der Waals surface area contributed by atoms with Gasteiger partial charge in [0, 0.05) is 58.4 Å². The van der Waals surface area contributed by atoms with E-state index in [1.807, 2.05) is 0 Å². The largest absolute Gasteiger partial charge is 0.412 e. The average Bonchev–Trinajstić information content (AvgIpc) is 0. The van der Waals surface area contributed by atoms with Gasteiger partial charge < -0.3 is 16.4 Å². The van der Waals surface area contributed by atoms with Crippen LogP contribution in [0.25, 0.3) is 0 Å². The Labute approximate surface area is 74.5 Å². The van der Waals surface area contributed by atoms with Crippen LogP contribution in [0.15, 0.2) is 0 Å². The van der Waals surface area contributed by atoms with Crippen LogP contribution in [0, 0.1) is 0 Å². The van der Waals surface area contributed by atoms with Crippen LogP contribution in [0.1, 0.15) is 0 Å². The normalized spacial score (nSPS) is 0. The van der Waals surface area contributed by atoms with E-state index in [1.54, 1.807) is 0 Å². The molecule has 0 unspecified atom stereocenters. The summed E-state index contributed by atoms with van der Waals surface area (Å²) < 4.78 is 0. The van der Waals surface area contributed by atoms with Crippen molar-refractivity contribution in [1.29, 1.82) is 0 Å². The Balaban J connectivity index is 0. The Kier molecular flexibility index (Phi) is 1400. The van der Waals surface area contributed by atoms with E-state index in [9.17, 15) is 0 Å². The van der Waals surface area contributed by atoms with Gasteiger partial charge in [-0.1, -0.05) is 0 Å². The Morgan fingerprint density at radius 1 is 0.333 bits per heavy atom. The number of rotatable bonds is 0. The molecule has 0 aromatic carbocycles. The molecule has 3 nitrogen and oxygen atoms in total. The predicted molar refractivity (Wildman–Crippen MR) is 10.8 cm³/mol.